The van der Waals surface area contributed by atoms with E-state index in [1.54, 1.807) is 0 Å². The molecule has 0 aromatic rings. The summed E-state index contributed by atoms with van der Waals surface area (Å²) in [7, 11) is -5.62. The number of esters is 1. The normalized spacial score (nSPS) is 15.3. The van der Waals surface area contributed by atoms with Crippen molar-refractivity contribution >= 4 is 16.1 Å². The summed E-state index contributed by atoms with van der Waals surface area (Å²) in [6, 6.07) is 0. The third-order valence-electron chi connectivity index (χ3n) is 4.22. The van der Waals surface area contributed by atoms with Gasteiger partial charge in [-0.15, -0.1) is 0 Å². The highest BCUT2D eigenvalue weighted by Crippen LogP contribution is 2.28. The zero-order valence-corrected chi connectivity index (χ0v) is 15.7. The monoisotopic (exact) mass is 372 g/mol. The quantitative estimate of drug-likeness (QED) is 0.311. The minimum absolute atomic E-state index is 0.0531. The molecule has 0 radical (unpaired) electrons. The van der Waals surface area contributed by atoms with Crippen LogP contribution < -0.4 is 0 Å². The average molecular weight is 372 g/mol. The number of carbonyl (C=O) groups excluding carboxylic acids is 1. The Hall–Kier alpha value is -0.760. The Bertz CT molecular complexity index is 477. The molecule has 1 N–H and O–H groups in total. The summed E-state index contributed by atoms with van der Waals surface area (Å²) >= 11 is 0. The molecule has 0 aromatic carbocycles. The van der Waals surface area contributed by atoms with E-state index in [4.69, 9.17) is 4.55 Å². The summed E-state index contributed by atoms with van der Waals surface area (Å²) in [6.07, 6.45) is 3.66. The SMILES string of the molecule is CCCCCCC(CCC(=O)OC(C)C(F)(F)S(=O)(=O)O)C(C)C. The molecule has 2 atom stereocenters. The van der Waals surface area contributed by atoms with E-state index < -0.39 is 27.4 Å². The third kappa shape index (κ3) is 7.88. The first kappa shape index (κ1) is 23.2. The molecule has 5 nitrogen and oxygen atoms in total. The van der Waals surface area contributed by atoms with E-state index in [9.17, 15) is 22.0 Å². The number of carbonyl (C=O) groups is 1. The molecule has 0 spiro atoms. The van der Waals surface area contributed by atoms with Gasteiger partial charge in [-0.2, -0.15) is 17.2 Å². The lowest BCUT2D eigenvalue weighted by atomic mass is 9.86. The Kier molecular flexibility index (Phi) is 9.96. The molecule has 0 amide bonds. The smallest absolute Gasteiger partial charge is 0.405 e. The summed E-state index contributed by atoms with van der Waals surface area (Å²) in [4.78, 5) is 11.7. The predicted molar refractivity (Wildman–Crippen MR) is 88.4 cm³/mol. The fraction of sp³-hybridized carbons (Fsp3) is 0.938. The van der Waals surface area contributed by atoms with E-state index in [1.165, 1.54) is 0 Å². The highest BCUT2D eigenvalue weighted by molar-refractivity contribution is 7.86. The van der Waals surface area contributed by atoms with Gasteiger partial charge in [0.25, 0.3) is 0 Å². The van der Waals surface area contributed by atoms with Crippen molar-refractivity contribution in [2.75, 3.05) is 0 Å². The van der Waals surface area contributed by atoms with E-state index >= 15 is 0 Å². The molecule has 144 valence electrons. The van der Waals surface area contributed by atoms with Gasteiger partial charge in [0.2, 0.25) is 0 Å². The zero-order valence-electron chi connectivity index (χ0n) is 14.9. The van der Waals surface area contributed by atoms with Gasteiger partial charge in [0.15, 0.2) is 6.10 Å². The molecular formula is C16H30F2O5S. The van der Waals surface area contributed by atoms with E-state index in [2.05, 4.69) is 11.7 Å². The number of unbranched alkanes of at least 4 members (excludes halogenated alkanes) is 3. The van der Waals surface area contributed by atoms with Gasteiger partial charge in [0, 0.05) is 6.42 Å². The van der Waals surface area contributed by atoms with Crippen LogP contribution in [0.25, 0.3) is 0 Å². The van der Waals surface area contributed by atoms with Gasteiger partial charge in [-0.1, -0.05) is 52.9 Å². The van der Waals surface area contributed by atoms with E-state index in [-0.39, 0.29) is 12.3 Å². The maximum Gasteiger partial charge on any atom is 0.405 e. The molecule has 0 rings (SSSR count). The Balaban J connectivity index is 4.44. The van der Waals surface area contributed by atoms with E-state index in [0.717, 1.165) is 39.0 Å². The lowest BCUT2D eigenvalue weighted by Gasteiger charge is -2.23. The van der Waals surface area contributed by atoms with Gasteiger partial charge in [-0.3, -0.25) is 9.35 Å². The van der Waals surface area contributed by atoms with Crippen LogP contribution in [-0.4, -0.2) is 30.3 Å². The number of alkyl halides is 2. The molecule has 0 aliphatic rings. The second-order valence-electron chi connectivity index (χ2n) is 6.56. The Morgan fingerprint density at radius 3 is 2.17 bits per heavy atom. The van der Waals surface area contributed by atoms with Crippen LogP contribution in [0.5, 0.6) is 0 Å². The highest BCUT2D eigenvalue weighted by Gasteiger charge is 2.51. The van der Waals surface area contributed by atoms with Gasteiger partial charge in [0.05, 0.1) is 0 Å². The Morgan fingerprint density at radius 2 is 1.71 bits per heavy atom. The average Bonchev–Trinajstić information content (AvgIpc) is 2.44. The predicted octanol–water partition coefficient (Wildman–Crippen LogP) is 4.42. The zero-order chi connectivity index (χ0) is 19.0. The van der Waals surface area contributed by atoms with Crippen LogP contribution in [-0.2, 0) is 19.6 Å². The fourth-order valence-corrected chi connectivity index (χ4v) is 2.95. The van der Waals surface area contributed by atoms with Crippen molar-refractivity contribution in [1.29, 1.82) is 0 Å². The minimum atomic E-state index is -5.62. The number of rotatable bonds is 12. The molecule has 0 saturated carbocycles. The summed E-state index contributed by atoms with van der Waals surface area (Å²) in [5, 5.41) is -4.51. The van der Waals surface area contributed by atoms with Crippen molar-refractivity contribution in [1.82, 2.24) is 0 Å². The summed E-state index contributed by atoms with van der Waals surface area (Å²) in [5.74, 6) is -0.243. The summed E-state index contributed by atoms with van der Waals surface area (Å²) < 4.78 is 60.9. The van der Waals surface area contributed by atoms with Crippen molar-refractivity contribution in [2.45, 2.75) is 84.0 Å². The third-order valence-corrected chi connectivity index (χ3v) is 5.24. The van der Waals surface area contributed by atoms with Crippen LogP contribution in [0.15, 0.2) is 0 Å². The summed E-state index contributed by atoms with van der Waals surface area (Å²) in [6.45, 7) is 6.96. The van der Waals surface area contributed by atoms with Crippen LogP contribution in [0.2, 0.25) is 0 Å². The Morgan fingerprint density at radius 1 is 1.12 bits per heavy atom. The highest BCUT2D eigenvalue weighted by atomic mass is 32.2. The first-order valence-electron chi connectivity index (χ1n) is 8.47. The second kappa shape index (κ2) is 10.3. The van der Waals surface area contributed by atoms with Crippen molar-refractivity contribution in [3.63, 3.8) is 0 Å². The fourth-order valence-electron chi connectivity index (χ4n) is 2.48. The maximum absolute atomic E-state index is 13.3. The largest absolute Gasteiger partial charge is 0.455 e. The van der Waals surface area contributed by atoms with E-state index in [0.29, 0.717) is 12.3 Å². The van der Waals surface area contributed by atoms with Gasteiger partial charge >= 0.3 is 21.3 Å². The number of hydrogen-bond acceptors (Lipinski definition) is 4. The van der Waals surface area contributed by atoms with Crippen molar-refractivity contribution in [2.24, 2.45) is 11.8 Å². The number of halogens is 2. The van der Waals surface area contributed by atoms with Gasteiger partial charge in [-0.05, 0) is 25.2 Å². The standard InChI is InChI=1S/C16H30F2O5S/c1-5-6-7-8-9-14(12(2)3)10-11-15(19)23-13(4)16(17,18)24(20,21)22/h12-14H,5-11H2,1-4H3,(H,20,21,22). The topological polar surface area (TPSA) is 80.7 Å². The van der Waals surface area contributed by atoms with Crippen molar-refractivity contribution in [3.05, 3.63) is 0 Å². The van der Waals surface area contributed by atoms with Crippen LogP contribution in [0.4, 0.5) is 8.78 Å². The lowest BCUT2D eigenvalue weighted by Crippen LogP contribution is -2.42. The number of hydrogen-bond donors (Lipinski definition) is 1. The molecule has 24 heavy (non-hydrogen) atoms. The van der Waals surface area contributed by atoms with Crippen LogP contribution in [0.3, 0.4) is 0 Å². The van der Waals surface area contributed by atoms with Gasteiger partial charge in [-0.25, -0.2) is 0 Å². The van der Waals surface area contributed by atoms with Gasteiger partial charge < -0.3 is 4.74 Å². The molecule has 8 heteroatoms. The molecular weight excluding hydrogens is 342 g/mol. The second-order valence-corrected chi connectivity index (χ2v) is 8.06. The van der Waals surface area contributed by atoms with Crippen LogP contribution in [0, 0.1) is 11.8 Å². The molecule has 0 aliphatic heterocycles. The molecule has 0 heterocycles. The minimum Gasteiger partial charge on any atom is -0.455 e. The van der Waals surface area contributed by atoms with Crippen LogP contribution >= 0.6 is 0 Å². The first-order valence-corrected chi connectivity index (χ1v) is 9.91. The lowest BCUT2D eigenvalue weighted by molar-refractivity contribution is -0.159. The molecule has 2 unspecified atom stereocenters. The van der Waals surface area contributed by atoms with Crippen molar-refractivity contribution in [3.8, 4) is 0 Å². The molecule has 0 aromatic heterocycles. The van der Waals surface area contributed by atoms with E-state index in [1.807, 2.05) is 13.8 Å². The molecule has 0 saturated heterocycles. The summed E-state index contributed by atoms with van der Waals surface area (Å²) in [5.41, 5.74) is 0. The molecule has 0 fully saturated rings. The molecule has 0 bridgehead atoms. The first-order chi connectivity index (χ1) is 10.9. The van der Waals surface area contributed by atoms with Crippen LogP contribution in [0.1, 0.15) is 72.6 Å². The molecule has 0 aliphatic carbocycles. The maximum atomic E-state index is 13.3. The Labute approximate surface area is 143 Å². The van der Waals surface area contributed by atoms with Crippen molar-refractivity contribution < 1.29 is 31.3 Å². The van der Waals surface area contributed by atoms with Gasteiger partial charge in [0.1, 0.15) is 0 Å². The number of ether oxygens (including phenoxy) is 1.